The molecule has 0 bridgehead atoms. The molecule has 6 nitrogen and oxygen atoms in total. The van der Waals surface area contributed by atoms with Gasteiger partial charge in [-0.15, -0.1) is 0 Å². The molecule has 2 rings (SSSR count). The van der Waals surface area contributed by atoms with Crippen LogP contribution in [0.3, 0.4) is 0 Å². The third kappa shape index (κ3) is 5.21. The smallest absolute Gasteiger partial charge is 0.257 e. The van der Waals surface area contributed by atoms with E-state index >= 15 is 0 Å². The molecule has 0 aliphatic carbocycles. The van der Waals surface area contributed by atoms with Crippen LogP contribution in [0.5, 0.6) is 5.75 Å². The van der Waals surface area contributed by atoms with Crippen molar-refractivity contribution >= 4 is 15.9 Å². The summed E-state index contributed by atoms with van der Waals surface area (Å²) >= 11 is 0. The molecule has 0 saturated carbocycles. The van der Waals surface area contributed by atoms with E-state index in [-0.39, 0.29) is 17.4 Å². The molecule has 0 aromatic heterocycles. The largest absolute Gasteiger partial charge is 0.484 e. The van der Waals surface area contributed by atoms with E-state index in [2.05, 4.69) is 5.32 Å². The summed E-state index contributed by atoms with van der Waals surface area (Å²) in [5.74, 6) is 0.301. The minimum atomic E-state index is -3.45. The SMILES string of the molecule is CCCNC(=O)COc1ccc(S(=O)(=O)N2CCCCCC2)cc1. The highest BCUT2D eigenvalue weighted by Gasteiger charge is 2.24. The Labute approximate surface area is 144 Å². The summed E-state index contributed by atoms with van der Waals surface area (Å²) in [5.41, 5.74) is 0. The van der Waals surface area contributed by atoms with Crippen molar-refractivity contribution in [1.29, 1.82) is 0 Å². The van der Waals surface area contributed by atoms with Crippen molar-refractivity contribution in [3.63, 3.8) is 0 Å². The Kier molecular flexibility index (Phi) is 7.05. The fourth-order valence-electron chi connectivity index (χ4n) is 2.60. The lowest BCUT2D eigenvalue weighted by Gasteiger charge is -2.20. The van der Waals surface area contributed by atoms with Crippen molar-refractivity contribution in [2.45, 2.75) is 43.9 Å². The van der Waals surface area contributed by atoms with Gasteiger partial charge in [-0.2, -0.15) is 4.31 Å². The van der Waals surface area contributed by atoms with Crippen molar-refractivity contribution in [3.05, 3.63) is 24.3 Å². The highest BCUT2D eigenvalue weighted by Crippen LogP contribution is 2.22. The molecule has 0 radical (unpaired) electrons. The number of rotatable bonds is 7. The summed E-state index contributed by atoms with van der Waals surface area (Å²) in [7, 11) is -3.45. The summed E-state index contributed by atoms with van der Waals surface area (Å²) < 4.78 is 32.3. The van der Waals surface area contributed by atoms with Crippen LogP contribution in [0.25, 0.3) is 0 Å². The number of ether oxygens (including phenoxy) is 1. The van der Waals surface area contributed by atoms with Gasteiger partial charge in [0.1, 0.15) is 5.75 Å². The fourth-order valence-corrected chi connectivity index (χ4v) is 4.12. The number of benzene rings is 1. The second-order valence-corrected chi connectivity index (χ2v) is 7.87. The molecule has 1 heterocycles. The predicted molar refractivity (Wildman–Crippen MR) is 92.5 cm³/mol. The van der Waals surface area contributed by atoms with E-state index in [1.54, 1.807) is 28.6 Å². The lowest BCUT2D eigenvalue weighted by Crippen LogP contribution is -2.31. The standard InChI is InChI=1S/C17H26N2O4S/c1-2-11-18-17(20)14-23-15-7-9-16(10-8-15)24(21,22)19-12-5-3-4-6-13-19/h7-10H,2-6,11-14H2,1H3,(H,18,20). The van der Waals surface area contributed by atoms with Gasteiger partial charge >= 0.3 is 0 Å². The van der Waals surface area contributed by atoms with Gasteiger partial charge in [0.05, 0.1) is 4.90 Å². The van der Waals surface area contributed by atoms with Gasteiger partial charge in [-0.25, -0.2) is 8.42 Å². The van der Waals surface area contributed by atoms with Crippen LogP contribution < -0.4 is 10.1 Å². The van der Waals surface area contributed by atoms with Crippen LogP contribution in [0.4, 0.5) is 0 Å². The van der Waals surface area contributed by atoms with Crippen molar-refractivity contribution in [2.24, 2.45) is 0 Å². The van der Waals surface area contributed by atoms with E-state index in [1.807, 2.05) is 6.92 Å². The number of nitrogens with zero attached hydrogens (tertiary/aromatic N) is 1. The highest BCUT2D eigenvalue weighted by molar-refractivity contribution is 7.89. The average molecular weight is 354 g/mol. The molecular formula is C17H26N2O4S. The number of carbonyl (C=O) groups excluding carboxylic acids is 1. The van der Waals surface area contributed by atoms with Gasteiger partial charge in [-0.3, -0.25) is 4.79 Å². The Morgan fingerprint density at radius 2 is 1.75 bits per heavy atom. The number of hydrogen-bond acceptors (Lipinski definition) is 4. The molecule has 0 unspecified atom stereocenters. The van der Waals surface area contributed by atoms with E-state index in [9.17, 15) is 13.2 Å². The number of hydrogen-bond donors (Lipinski definition) is 1. The molecule has 24 heavy (non-hydrogen) atoms. The van der Waals surface area contributed by atoms with Crippen LogP contribution in [0.2, 0.25) is 0 Å². The predicted octanol–water partition coefficient (Wildman–Crippen LogP) is 2.16. The van der Waals surface area contributed by atoms with Crippen LogP contribution in [-0.4, -0.2) is 44.9 Å². The van der Waals surface area contributed by atoms with Crippen molar-refractivity contribution in [1.82, 2.24) is 9.62 Å². The first-order valence-corrected chi connectivity index (χ1v) is 9.98. The van der Waals surface area contributed by atoms with Gasteiger partial charge in [0, 0.05) is 19.6 Å². The summed E-state index contributed by atoms with van der Waals surface area (Å²) in [6, 6.07) is 6.27. The van der Waals surface area contributed by atoms with E-state index < -0.39 is 10.0 Å². The van der Waals surface area contributed by atoms with Gasteiger partial charge in [-0.05, 0) is 43.5 Å². The Morgan fingerprint density at radius 3 is 2.33 bits per heavy atom. The molecule has 1 fully saturated rings. The minimum absolute atomic E-state index is 0.0712. The van der Waals surface area contributed by atoms with Crippen LogP contribution in [0, 0.1) is 0 Å². The molecule has 1 aromatic carbocycles. The monoisotopic (exact) mass is 354 g/mol. The Bertz CT molecular complexity index is 620. The lowest BCUT2D eigenvalue weighted by atomic mass is 10.2. The molecule has 1 N–H and O–H groups in total. The summed E-state index contributed by atoms with van der Waals surface area (Å²) in [6.07, 6.45) is 4.85. The summed E-state index contributed by atoms with van der Waals surface area (Å²) in [6.45, 7) is 3.69. The summed E-state index contributed by atoms with van der Waals surface area (Å²) in [4.78, 5) is 11.8. The zero-order valence-corrected chi connectivity index (χ0v) is 15.0. The number of amides is 1. The van der Waals surface area contributed by atoms with Crippen LogP contribution in [-0.2, 0) is 14.8 Å². The van der Waals surface area contributed by atoms with Crippen molar-refractivity contribution in [2.75, 3.05) is 26.2 Å². The molecule has 1 saturated heterocycles. The van der Waals surface area contributed by atoms with Gasteiger partial charge in [0.15, 0.2) is 6.61 Å². The summed E-state index contributed by atoms with van der Waals surface area (Å²) in [5, 5.41) is 2.72. The molecule has 0 atom stereocenters. The third-order valence-corrected chi connectivity index (χ3v) is 5.88. The zero-order chi connectivity index (χ0) is 17.4. The lowest BCUT2D eigenvalue weighted by molar-refractivity contribution is -0.123. The molecule has 134 valence electrons. The molecular weight excluding hydrogens is 328 g/mol. The number of carbonyl (C=O) groups is 1. The van der Waals surface area contributed by atoms with Gasteiger partial charge in [0.2, 0.25) is 10.0 Å². The van der Waals surface area contributed by atoms with E-state index in [0.717, 1.165) is 32.1 Å². The van der Waals surface area contributed by atoms with Gasteiger partial charge in [-0.1, -0.05) is 19.8 Å². The Hall–Kier alpha value is -1.60. The first-order valence-electron chi connectivity index (χ1n) is 8.53. The topological polar surface area (TPSA) is 75.7 Å². The molecule has 7 heteroatoms. The maximum absolute atomic E-state index is 12.7. The number of sulfonamides is 1. The highest BCUT2D eigenvalue weighted by atomic mass is 32.2. The van der Waals surface area contributed by atoms with Crippen LogP contribution in [0.1, 0.15) is 39.0 Å². The second kappa shape index (κ2) is 9.03. The fraction of sp³-hybridized carbons (Fsp3) is 0.588. The average Bonchev–Trinajstić information content (AvgIpc) is 2.88. The van der Waals surface area contributed by atoms with E-state index in [1.165, 1.54) is 0 Å². The zero-order valence-electron chi connectivity index (χ0n) is 14.2. The van der Waals surface area contributed by atoms with E-state index in [0.29, 0.717) is 25.4 Å². The molecule has 1 amide bonds. The molecule has 1 aliphatic rings. The van der Waals surface area contributed by atoms with Crippen molar-refractivity contribution < 1.29 is 17.9 Å². The maximum Gasteiger partial charge on any atom is 0.257 e. The maximum atomic E-state index is 12.7. The van der Waals surface area contributed by atoms with Crippen LogP contribution >= 0.6 is 0 Å². The first kappa shape index (κ1) is 18.7. The van der Waals surface area contributed by atoms with Crippen LogP contribution in [0.15, 0.2) is 29.2 Å². The third-order valence-electron chi connectivity index (χ3n) is 3.97. The van der Waals surface area contributed by atoms with Crippen molar-refractivity contribution in [3.8, 4) is 5.75 Å². The normalized spacial score (nSPS) is 16.4. The molecule has 0 spiro atoms. The first-order chi connectivity index (χ1) is 11.5. The Morgan fingerprint density at radius 1 is 1.12 bits per heavy atom. The van der Waals surface area contributed by atoms with Gasteiger partial charge in [0.25, 0.3) is 5.91 Å². The van der Waals surface area contributed by atoms with E-state index in [4.69, 9.17) is 4.74 Å². The minimum Gasteiger partial charge on any atom is -0.484 e. The van der Waals surface area contributed by atoms with Gasteiger partial charge < -0.3 is 10.1 Å². The number of nitrogens with one attached hydrogen (secondary N) is 1. The molecule has 1 aromatic rings. The quantitative estimate of drug-likeness (QED) is 0.814. The molecule has 1 aliphatic heterocycles. The Balaban J connectivity index is 1.96. The second-order valence-electron chi connectivity index (χ2n) is 5.93.